The molecule has 2 N–H and O–H groups in total. The smallest absolute Gasteiger partial charge is 0.251 e. The van der Waals surface area contributed by atoms with Gasteiger partial charge in [0.2, 0.25) is 12.7 Å². The number of nitrogens with one attached hydrogen (secondary N) is 2. The molecule has 0 aliphatic carbocycles. The normalized spacial score (nSPS) is 13.2. The molecule has 142 valence electrons. The predicted molar refractivity (Wildman–Crippen MR) is 105 cm³/mol. The molecule has 1 aliphatic rings. The Morgan fingerprint density at radius 1 is 0.964 bits per heavy atom. The van der Waals surface area contributed by atoms with Crippen LogP contribution in [0.4, 0.5) is 0 Å². The van der Waals surface area contributed by atoms with Crippen LogP contribution in [-0.4, -0.2) is 25.2 Å². The largest absolute Gasteiger partial charge is 0.454 e. The number of fused-ring (bicyclic) bond motifs is 2. The summed E-state index contributed by atoms with van der Waals surface area (Å²) in [5.41, 5.74) is 1.42. The Morgan fingerprint density at radius 2 is 1.75 bits per heavy atom. The van der Waals surface area contributed by atoms with Crippen LogP contribution in [-0.2, 0) is 4.79 Å². The molecule has 3 aromatic rings. The van der Waals surface area contributed by atoms with Crippen LogP contribution in [0, 0.1) is 0 Å². The predicted octanol–water partition coefficient (Wildman–Crippen LogP) is 3.18. The number of ether oxygens (including phenoxy) is 2. The topological polar surface area (TPSA) is 76.7 Å². The van der Waals surface area contributed by atoms with Crippen molar-refractivity contribution in [2.45, 2.75) is 13.0 Å². The Labute approximate surface area is 162 Å². The van der Waals surface area contributed by atoms with Crippen molar-refractivity contribution in [3.8, 4) is 11.5 Å². The minimum Gasteiger partial charge on any atom is -0.454 e. The molecule has 1 aliphatic heterocycles. The summed E-state index contributed by atoms with van der Waals surface area (Å²) in [5.74, 6) is 0.544. The first-order chi connectivity index (χ1) is 13.6. The van der Waals surface area contributed by atoms with Gasteiger partial charge in [0.05, 0.1) is 12.6 Å². The van der Waals surface area contributed by atoms with E-state index in [0.29, 0.717) is 17.1 Å². The fourth-order valence-corrected chi connectivity index (χ4v) is 3.15. The zero-order chi connectivity index (χ0) is 19.5. The number of amides is 2. The molecular formula is C22H20N2O4. The summed E-state index contributed by atoms with van der Waals surface area (Å²) < 4.78 is 10.5. The summed E-state index contributed by atoms with van der Waals surface area (Å²) in [6.45, 7) is 1.96. The molecular weight excluding hydrogens is 356 g/mol. The Kier molecular flexibility index (Phi) is 4.85. The van der Waals surface area contributed by atoms with Gasteiger partial charge in [-0.1, -0.05) is 36.4 Å². The first-order valence-electron chi connectivity index (χ1n) is 9.06. The van der Waals surface area contributed by atoms with Crippen LogP contribution in [0.15, 0.2) is 60.7 Å². The van der Waals surface area contributed by atoms with Gasteiger partial charge in [-0.2, -0.15) is 0 Å². The maximum absolute atomic E-state index is 12.3. The van der Waals surface area contributed by atoms with Crippen molar-refractivity contribution in [2.75, 3.05) is 13.3 Å². The van der Waals surface area contributed by atoms with E-state index in [9.17, 15) is 9.59 Å². The molecule has 1 heterocycles. The molecule has 28 heavy (non-hydrogen) atoms. The number of benzene rings is 3. The zero-order valence-electron chi connectivity index (χ0n) is 15.4. The van der Waals surface area contributed by atoms with Crippen LogP contribution in [0.2, 0.25) is 0 Å². The Balaban J connectivity index is 1.33. The summed E-state index contributed by atoms with van der Waals surface area (Å²) in [6.07, 6.45) is 0. The van der Waals surface area contributed by atoms with Crippen LogP contribution in [0.3, 0.4) is 0 Å². The van der Waals surface area contributed by atoms with Crippen LogP contribution < -0.4 is 20.1 Å². The SMILES string of the molecule is CC(NC(=O)CNC(=O)c1ccc2c(c1)OCO2)c1ccc2ccccc2c1. The molecule has 0 aromatic heterocycles. The van der Waals surface area contributed by atoms with Gasteiger partial charge in [0, 0.05) is 5.56 Å². The van der Waals surface area contributed by atoms with Crippen molar-refractivity contribution < 1.29 is 19.1 Å². The number of hydrogen-bond donors (Lipinski definition) is 2. The molecule has 3 aromatic carbocycles. The lowest BCUT2D eigenvalue weighted by Crippen LogP contribution is -2.38. The highest BCUT2D eigenvalue weighted by molar-refractivity contribution is 5.97. The van der Waals surface area contributed by atoms with Crippen LogP contribution in [0.25, 0.3) is 10.8 Å². The maximum Gasteiger partial charge on any atom is 0.251 e. The molecule has 0 spiro atoms. The maximum atomic E-state index is 12.3. The van der Waals surface area contributed by atoms with Gasteiger partial charge in [-0.15, -0.1) is 0 Å². The van der Waals surface area contributed by atoms with E-state index in [2.05, 4.69) is 16.7 Å². The number of rotatable bonds is 5. The van der Waals surface area contributed by atoms with Gasteiger partial charge in [0.25, 0.3) is 5.91 Å². The van der Waals surface area contributed by atoms with Crippen LogP contribution in [0.1, 0.15) is 28.9 Å². The summed E-state index contributed by atoms with van der Waals surface area (Å²) in [5, 5.41) is 7.82. The lowest BCUT2D eigenvalue weighted by molar-refractivity contribution is -0.120. The molecule has 1 atom stereocenters. The molecule has 6 nitrogen and oxygen atoms in total. The minimum atomic E-state index is -0.341. The first kappa shape index (κ1) is 17.9. The summed E-state index contributed by atoms with van der Waals surface area (Å²) in [6, 6.07) is 18.9. The highest BCUT2D eigenvalue weighted by atomic mass is 16.7. The molecule has 1 unspecified atom stereocenters. The fourth-order valence-electron chi connectivity index (χ4n) is 3.15. The third-order valence-electron chi connectivity index (χ3n) is 4.70. The Bertz CT molecular complexity index is 1050. The van der Waals surface area contributed by atoms with Crippen molar-refractivity contribution in [3.63, 3.8) is 0 Å². The minimum absolute atomic E-state index is 0.106. The van der Waals surface area contributed by atoms with E-state index in [4.69, 9.17) is 9.47 Å². The van der Waals surface area contributed by atoms with Gasteiger partial charge < -0.3 is 20.1 Å². The third-order valence-corrected chi connectivity index (χ3v) is 4.70. The van der Waals surface area contributed by atoms with Gasteiger partial charge >= 0.3 is 0 Å². The quantitative estimate of drug-likeness (QED) is 0.717. The van der Waals surface area contributed by atoms with E-state index in [0.717, 1.165) is 16.3 Å². The van der Waals surface area contributed by atoms with Crippen molar-refractivity contribution in [1.29, 1.82) is 0 Å². The molecule has 0 saturated carbocycles. The fraction of sp³-hybridized carbons (Fsp3) is 0.182. The second-order valence-electron chi connectivity index (χ2n) is 6.65. The van der Waals surface area contributed by atoms with Gasteiger partial charge in [-0.25, -0.2) is 0 Å². The summed E-state index contributed by atoms with van der Waals surface area (Å²) >= 11 is 0. The van der Waals surface area contributed by atoms with Gasteiger partial charge in [0.15, 0.2) is 11.5 Å². The van der Waals surface area contributed by atoms with E-state index in [1.807, 2.05) is 43.3 Å². The van der Waals surface area contributed by atoms with Crippen molar-refractivity contribution in [2.24, 2.45) is 0 Å². The molecule has 0 radical (unpaired) electrons. The van der Waals surface area contributed by atoms with Gasteiger partial charge in [-0.3, -0.25) is 9.59 Å². The molecule has 6 heteroatoms. The lowest BCUT2D eigenvalue weighted by Gasteiger charge is -2.15. The molecule has 0 bridgehead atoms. The zero-order valence-corrected chi connectivity index (χ0v) is 15.4. The van der Waals surface area contributed by atoms with Gasteiger partial charge in [0.1, 0.15) is 0 Å². The Hall–Kier alpha value is -3.54. The summed E-state index contributed by atoms with van der Waals surface area (Å²) in [4.78, 5) is 24.5. The van der Waals surface area contributed by atoms with E-state index in [1.165, 1.54) is 0 Å². The standard InChI is InChI=1S/C22H20N2O4/c1-14(16-7-6-15-4-2-3-5-17(15)10-16)24-21(25)12-23-22(26)18-8-9-19-20(11-18)28-13-27-19/h2-11,14H,12-13H2,1H3,(H,23,26)(H,24,25). The van der Waals surface area contributed by atoms with E-state index >= 15 is 0 Å². The molecule has 0 fully saturated rings. The third kappa shape index (κ3) is 3.76. The van der Waals surface area contributed by atoms with E-state index in [1.54, 1.807) is 18.2 Å². The van der Waals surface area contributed by atoms with E-state index < -0.39 is 0 Å². The average Bonchev–Trinajstić information content (AvgIpc) is 3.19. The molecule has 4 rings (SSSR count). The number of hydrogen-bond acceptors (Lipinski definition) is 4. The average molecular weight is 376 g/mol. The second kappa shape index (κ2) is 7.60. The first-order valence-corrected chi connectivity index (χ1v) is 9.06. The second-order valence-corrected chi connectivity index (χ2v) is 6.65. The number of carbonyl (C=O) groups excluding carboxylic acids is 2. The molecule has 2 amide bonds. The van der Waals surface area contributed by atoms with Crippen molar-refractivity contribution >= 4 is 22.6 Å². The highest BCUT2D eigenvalue weighted by Crippen LogP contribution is 2.32. The number of carbonyl (C=O) groups is 2. The van der Waals surface area contributed by atoms with Gasteiger partial charge in [-0.05, 0) is 47.5 Å². The van der Waals surface area contributed by atoms with Crippen molar-refractivity contribution in [1.82, 2.24) is 10.6 Å². The monoisotopic (exact) mass is 376 g/mol. The Morgan fingerprint density at radius 3 is 2.61 bits per heavy atom. The van der Waals surface area contributed by atoms with Crippen LogP contribution in [0.5, 0.6) is 11.5 Å². The van der Waals surface area contributed by atoms with E-state index in [-0.39, 0.29) is 31.2 Å². The summed E-state index contributed by atoms with van der Waals surface area (Å²) in [7, 11) is 0. The van der Waals surface area contributed by atoms with Crippen LogP contribution >= 0.6 is 0 Å². The lowest BCUT2D eigenvalue weighted by atomic mass is 10.0. The van der Waals surface area contributed by atoms with Crippen molar-refractivity contribution in [3.05, 3.63) is 71.8 Å². The highest BCUT2D eigenvalue weighted by Gasteiger charge is 2.17. The molecule has 0 saturated heterocycles.